The molecule has 4 rings (SSSR count). The highest BCUT2D eigenvalue weighted by Crippen LogP contribution is 2.18. The van der Waals surface area contributed by atoms with Crippen LogP contribution in [0.1, 0.15) is 33.0 Å². The quantitative estimate of drug-likeness (QED) is 0.599. The Morgan fingerprint density at radius 1 is 1.13 bits per heavy atom. The number of hydrogen-bond acceptors (Lipinski definition) is 6. The molecule has 0 bridgehead atoms. The van der Waals surface area contributed by atoms with Crippen LogP contribution >= 0.6 is 11.3 Å². The minimum absolute atomic E-state index is 0.148. The molecule has 2 aromatic carbocycles. The predicted octanol–water partition coefficient (Wildman–Crippen LogP) is 3.86. The van der Waals surface area contributed by atoms with Crippen molar-refractivity contribution in [3.63, 3.8) is 0 Å². The summed E-state index contributed by atoms with van der Waals surface area (Å²) in [4.78, 5) is 22.4. The number of amides is 1. The topological polar surface area (TPSA) is 72.8 Å². The molecular formula is C23H23N3O3S. The first kappa shape index (κ1) is 20.1. The number of benzene rings is 2. The van der Waals surface area contributed by atoms with Crippen LogP contribution in [0.2, 0.25) is 0 Å². The summed E-state index contributed by atoms with van der Waals surface area (Å²) in [6.07, 6.45) is 2.00. The fourth-order valence-electron chi connectivity index (χ4n) is 3.24. The van der Waals surface area contributed by atoms with Gasteiger partial charge in [0.15, 0.2) is 0 Å². The molecule has 3 aromatic rings. The molecule has 7 heteroatoms. The third kappa shape index (κ3) is 5.24. The first-order valence-corrected chi connectivity index (χ1v) is 10.7. The van der Waals surface area contributed by atoms with Gasteiger partial charge in [0, 0.05) is 24.6 Å². The van der Waals surface area contributed by atoms with E-state index in [0.29, 0.717) is 18.7 Å². The maximum Gasteiger partial charge on any atom is 0.270 e. The number of rotatable bonds is 8. The number of thiazole rings is 1. The minimum Gasteiger partial charge on any atom is -0.497 e. The molecule has 154 valence electrons. The third-order valence-corrected chi connectivity index (χ3v) is 5.68. The lowest BCUT2D eigenvalue weighted by molar-refractivity contribution is 0.0751. The zero-order valence-electron chi connectivity index (χ0n) is 16.7. The maximum absolute atomic E-state index is 12.4. The van der Waals surface area contributed by atoms with E-state index in [0.717, 1.165) is 34.9 Å². The summed E-state index contributed by atoms with van der Waals surface area (Å²) in [5, 5.41) is 9.81. The monoisotopic (exact) mass is 421 g/mol. The van der Waals surface area contributed by atoms with E-state index in [-0.39, 0.29) is 12.0 Å². The highest BCUT2D eigenvalue weighted by atomic mass is 32.1. The maximum atomic E-state index is 12.4. The molecule has 1 unspecified atom stereocenters. The van der Waals surface area contributed by atoms with Gasteiger partial charge in [0.05, 0.1) is 24.4 Å². The van der Waals surface area contributed by atoms with Gasteiger partial charge in [0.1, 0.15) is 17.5 Å². The molecule has 1 atom stereocenters. The van der Waals surface area contributed by atoms with E-state index >= 15 is 0 Å². The molecular weight excluding hydrogens is 398 g/mol. The fourth-order valence-corrected chi connectivity index (χ4v) is 4.05. The number of carbonyl (C=O) groups excluding carboxylic acids is 1. The van der Waals surface area contributed by atoms with Crippen LogP contribution in [0.5, 0.6) is 5.75 Å². The summed E-state index contributed by atoms with van der Waals surface area (Å²) in [7, 11) is 1.65. The molecule has 0 radical (unpaired) electrons. The molecule has 1 amide bonds. The summed E-state index contributed by atoms with van der Waals surface area (Å²) in [6.45, 7) is 0.403. The lowest BCUT2D eigenvalue weighted by Gasteiger charge is -2.09. The van der Waals surface area contributed by atoms with Crippen molar-refractivity contribution in [1.82, 2.24) is 10.3 Å². The normalized spacial score (nSPS) is 15.4. The largest absolute Gasteiger partial charge is 0.497 e. The van der Waals surface area contributed by atoms with E-state index in [1.165, 1.54) is 16.9 Å². The van der Waals surface area contributed by atoms with E-state index in [1.807, 2.05) is 42.5 Å². The second-order valence-corrected chi connectivity index (χ2v) is 8.06. The Balaban J connectivity index is 1.23. The molecule has 30 heavy (non-hydrogen) atoms. The molecule has 0 saturated carbocycles. The van der Waals surface area contributed by atoms with E-state index < -0.39 is 0 Å². The van der Waals surface area contributed by atoms with Crippen molar-refractivity contribution in [2.75, 3.05) is 13.7 Å². The number of hydrogen-bond donors (Lipinski definition) is 1. The van der Waals surface area contributed by atoms with Crippen molar-refractivity contribution in [3.8, 4) is 5.75 Å². The Morgan fingerprint density at radius 2 is 1.90 bits per heavy atom. The van der Waals surface area contributed by atoms with Gasteiger partial charge in [-0.25, -0.2) is 4.98 Å². The molecule has 1 aliphatic heterocycles. The summed E-state index contributed by atoms with van der Waals surface area (Å²) < 4.78 is 5.18. The Bertz CT molecular complexity index is 1020. The van der Waals surface area contributed by atoms with Crippen LogP contribution in [0.4, 0.5) is 0 Å². The molecule has 0 saturated heterocycles. The van der Waals surface area contributed by atoms with Crippen LogP contribution in [-0.2, 0) is 17.7 Å². The third-order valence-electron chi connectivity index (χ3n) is 4.83. The molecule has 1 N–H and O–H groups in total. The van der Waals surface area contributed by atoms with Crippen LogP contribution in [0.3, 0.4) is 0 Å². The first-order chi connectivity index (χ1) is 14.7. The Kier molecular flexibility index (Phi) is 6.39. The van der Waals surface area contributed by atoms with Gasteiger partial charge in [-0.1, -0.05) is 47.6 Å². The number of nitrogens with one attached hydrogen (secondary N) is 1. The average Bonchev–Trinajstić information content (AvgIpc) is 3.43. The van der Waals surface area contributed by atoms with Gasteiger partial charge in [0.2, 0.25) is 0 Å². The van der Waals surface area contributed by atoms with Crippen molar-refractivity contribution < 1.29 is 14.4 Å². The van der Waals surface area contributed by atoms with Crippen molar-refractivity contribution in [2.45, 2.75) is 25.4 Å². The van der Waals surface area contributed by atoms with Crippen LogP contribution in [-0.4, -0.2) is 36.4 Å². The second-order valence-electron chi connectivity index (χ2n) is 7.11. The van der Waals surface area contributed by atoms with E-state index in [1.54, 1.807) is 12.5 Å². The second kappa shape index (κ2) is 9.54. The highest BCUT2D eigenvalue weighted by molar-refractivity contribution is 7.09. The van der Waals surface area contributed by atoms with Gasteiger partial charge in [-0.15, -0.1) is 11.3 Å². The van der Waals surface area contributed by atoms with Gasteiger partial charge in [-0.3, -0.25) is 4.79 Å². The molecule has 2 heterocycles. The summed E-state index contributed by atoms with van der Waals surface area (Å²) in [5.74, 6) is 0.649. The molecule has 0 aliphatic carbocycles. The zero-order valence-corrected chi connectivity index (χ0v) is 17.5. The lowest BCUT2D eigenvalue weighted by atomic mass is 10.0. The predicted molar refractivity (Wildman–Crippen MR) is 117 cm³/mol. The number of nitrogens with zero attached hydrogens (tertiary/aromatic N) is 2. The Hall–Kier alpha value is -3.19. The number of ether oxygens (including phenoxy) is 1. The molecule has 0 fully saturated rings. The van der Waals surface area contributed by atoms with Gasteiger partial charge in [-0.05, 0) is 23.3 Å². The SMILES string of the molecule is COc1ccc(CC2=NOC(CNC(=O)c3csc(Cc4ccccc4)n3)C2)cc1. The Labute approximate surface area is 179 Å². The van der Waals surface area contributed by atoms with E-state index in [2.05, 4.69) is 27.6 Å². The highest BCUT2D eigenvalue weighted by Gasteiger charge is 2.22. The van der Waals surface area contributed by atoms with Crippen molar-refractivity contribution in [3.05, 3.63) is 81.8 Å². The first-order valence-electron chi connectivity index (χ1n) is 9.80. The minimum atomic E-state index is -0.183. The summed E-state index contributed by atoms with van der Waals surface area (Å²) in [6, 6.07) is 18.0. The molecule has 1 aliphatic rings. The lowest BCUT2D eigenvalue weighted by Crippen LogP contribution is -2.32. The number of methoxy groups -OCH3 is 1. The summed E-state index contributed by atoms with van der Waals surface area (Å²) >= 11 is 1.50. The Morgan fingerprint density at radius 3 is 2.67 bits per heavy atom. The van der Waals surface area contributed by atoms with E-state index in [9.17, 15) is 4.79 Å². The smallest absolute Gasteiger partial charge is 0.270 e. The van der Waals surface area contributed by atoms with Gasteiger partial charge >= 0.3 is 0 Å². The van der Waals surface area contributed by atoms with Gasteiger partial charge in [-0.2, -0.15) is 0 Å². The molecule has 6 nitrogen and oxygen atoms in total. The number of aromatic nitrogens is 1. The number of carbonyl (C=O) groups is 1. The molecule has 0 spiro atoms. The van der Waals surface area contributed by atoms with Crippen LogP contribution in [0, 0.1) is 0 Å². The summed E-state index contributed by atoms with van der Waals surface area (Å²) in [5.41, 5.74) is 3.75. The van der Waals surface area contributed by atoms with E-state index in [4.69, 9.17) is 9.57 Å². The van der Waals surface area contributed by atoms with Crippen molar-refractivity contribution in [2.24, 2.45) is 5.16 Å². The van der Waals surface area contributed by atoms with Crippen molar-refractivity contribution >= 4 is 23.0 Å². The fraction of sp³-hybridized carbons (Fsp3) is 0.261. The standard InChI is InChI=1S/C23H23N3O3S/c1-28-19-9-7-17(8-10-19)11-18-13-20(29-26-18)14-24-23(27)21-15-30-22(25-21)12-16-5-3-2-4-6-16/h2-10,15,20H,11-14H2,1H3,(H,24,27). The average molecular weight is 422 g/mol. The number of oxime groups is 1. The van der Waals surface area contributed by atoms with Gasteiger partial charge < -0.3 is 14.9 Å². The molecule has 1 aromatic heterocycles. The zero-order chi connectivity index (χ0) is 20.8. The van der Waals surface area contributed by atoms with Crippen LogP contribution in [0.25, 0.3) is 0 Å². The van der Waals surface area contributed by atoms with Crippen molar-refractivity contribution in [1.29, 1.82) is 0 Å². The van der Waals surface area contributed by atoms with Gasteiger partial charge in [0.25, 0.3) is 5.91 Å². The van der Waals surface area contributed by atoms with Crippen LogP contribution in [0.15, 0.2) is 65.1 Å². The van der Waals surface area contributed by atoms with Crippen LogP contribution < -0.4 is 10.1 Å².